The van der Waals surface area contributed by atoms with Gasteiger partial charge in [0.2, 0.25) is 0 Å². The molecular weight excluding hydrogens is 324 g/mol. The molecular formula is C22H22N2O2. The monoisotopic (exact) mass is 346 g/mol. The third-order valence-electron chi connectivity index (χ3n) is 4.73. The van der Waals surface area contributed by atoms with E-state index in [2.05, 4.69) is 30.5 Å². The Bertz CT molecular complexity index is 1020. The fraction of sp³-hybridized carbons (Fsp3) is 0.227. The van der Waals surface area contributed by atoms with E-state index in [1.807, 2.05) is 42.5 Å². The molecule has 0 fully saturated rings. The van der Waals surface area contributed by atoms with E-state index in [1.54, 1.807) is 6.26 Å². The van der Waals surface area contributed by atoms with Gasteiger partial charge in [-0.25, -0.2) is 4.98 Å². The minimum absolute atomic E-state index is 0.661. The van der Waals surface area contributed by atoms with Crippen LogP contribution in [0.2, 0.25) is 0 Å². The van der Waals surface area contributed by atoms with Crippen LogP contribution < -0.4 is 4.74 Å². The van der Waals surface area contributed by atoms with E-state index in [9.17, 15) is 0 Å². The molecule has 0 aliphatic carbocycles. The first-order valence-electron chi connectivity index (χ1n) is 8.92. The van der Waals surface area contributed by atoms with Gasteiger partial charge in [-0.15, -0.1) is 0 Å². The van der Waals surface area contributed by atoms with Crippen LogP contribution in [0.4, 0.5) is 0 Å². The molecule has 0 saturated carbocycles. The minimum Gasteiger partial charge on any atom is -0.493 e. The van der Waals surface area contributed by atoms with E-state index in [0.29, 0.717) is 6.61 Å². The lowest BCUT2D eigenvalue weighted by Crippen LogP contribution is -2.06. The summed E-state index contributed by atoms with van der Waals surface area (Å²) in [5.41, 5.74) is 4.56. The van der Waals surface area contributed by atoms with E-state index < -0.39 is 0 Å². The Balaban J connectivity index is 1.52. The Labute approximate surface area is 153 Å². The number of benzene rings is 2. The number of imidazole rings is 1. The molecule has 0 unspecified atom stereocenters. The maximum atomic E-state index is 6.00. The van der Waals surface area contributed by atoms with Crippen molar-refractivity contribution in [3.8, 4) is 17.3 Å². The molecule has 2 aromatic carbocycles. The van der Waals surface area contributed by atoms with Crippen LogP contribution in [0.1, 0.15) is 17.5 Å². The molecule has 4 aromatic rings. The molecule has 0 bridgehead atoms. The highest BCUT2D eigenvalue weighted by molar-refractivity contribution is 5.79. The zero-order valence-electron chi connectivity index (χ0n) is 15.1. The number of fused-ring (bicyclic) bond motifs is 1. The summed E-state index contributed by atoms with van der Waals surface area (Å²) in [5.74, 6) is 2.62. The molecule has 4 heteroatoms. The SMILES string of the molecule is Cc1cccc(OCCCn2c(-c3ccco3)nc3ccccc32)c1C. The maximum Gasteiger partial charge on any atom is 0.177 e. The molecule has 0 aliphatic heterocycles. The smallest absolute Gasteiger partial charge is 0.177 e. The summed E-state index contributed by atoms with van der Waals surface area (Å²) in [6.45, 7) is 5.69. The average molecular weight is 346 g/mol. The number of hydrogen-bond donors (Lipinski definition) is 0. The topological polar surface area (TPSA) is 40.2 Å². The number of furan rings is 1. The Morgan fingerprint density at radius 3 is 2.73 bits per heavy atom. The lowest BCUT2D eigenvalue weighted by Gasteiger charge is -2.12. The molecule has 132 valence electrons. The van der Waals surface area contributed by atoms with Gasteiger partial charge in [0, 0.05) is 6.54 Å². The fourth-order valence-electron chi connectivity index (χ4n) is 3.18. The van der Waals surface area contributed by atoms with E-state index in [4.69, 9.17) is 14.1 Å². The first-order chi connectivity index (χ1) is 12.7. The summed E-state index contributed by atoms with van der Waals surface area (Å²) >= 11 is 0. The van der Waals surface area contributed by atoms with E-state index in [-0.39, 0.29) is 0 Å². The Morgan fingerprint density at radius 2 is 1.88 bits per heavy atom. The van der Waals surface area contributed by atoms with Crippen LogP contribution in [0.15, 0.2) is 65.3 Å². The zero-order chi connectivity index (χ0) is 17.9. The molecule has 2 heterocycles. The summed E-state index contributed by atoms with van der Waals surface area (Å²) in [5, 5.41) is 0. The quantitative estimate of drug-likeness (QED) is 0.440. The summed E-state index contributed by atoms with van der Waals surface area (Å²) < 4.78 is 13.8. The molecule has 2 aromatic heterocycles. The zero-order valence-corrected chi connectivity index (χ0v) is 15.1. The minimum atomic E-state index is 0.661. The molecule has 0 amide bonds. The second-order valence-corrected chi connectivity index (χ2v) is 6.45. The van der Waals surface area contributed by atoms with Crippen LogP contribution in [-0.2, 0) is 6.54 Å². The van der Waals surface area contributed by atoms with Crippen LogP contribution >= 0.6 is 0 Å². The van der Waals surface area contributed by atoms with Gasteiger partial charge in [0.1, 0.15) is 5.75 Å². The third-order valence-corrected chi connectivity index (χ3v) is 4.73. The molecule has 0 atom stereocenters. The lowest BCUT2D eigenvalue weighted by molar-refractivity contribution is 0.300. The molecule has 0 radical (unpaired) electrons. The van der Waals surface area contributed by atoms with Gasteiger partial charge in [-0.05, 0) is 61.7 Å². The van der Waals surface area contributed by atoms with Crippen molar-refractivity contribution < 1.29 is 9.15 Å². The van der Waals surface area contributed by atoms with Crippen LogP contribution in [0.3, 0.4) is 0 Å². The van der Waals surface area contributed by atoms with Gasteiger partial charge in [0.25, 0.3) is 0 Å². The highest BCUT2D eigenvalue weighted by Crippen LogP contribution is 2.26. The predicted molar refractivity (Wildman–Crippen MR) is 103 cm³/mol. The van der Waals surface area contributed by atoms with Gasteiger partial charge in [0.15, 0.2) is 11.6 Å². The van der Waals surface area contributed by atoms with E-state index >= 15 is 0 Å². The second-order valence-electron chi connectivity index (χ2n) is 6.45. The van der Waals surface area contributed by atoms with Crippen molar-refractivity contribution in [2.75, 3.05) is 6.61 Å². The van der Waals surface area contributed by atoms with Crippen molar-refractivity contribution in [2.45, 2.75) is 26.8 Å². The number of aromatic nitrogens is 2. The van der Waals surface area contributed by atoms with Gasteiger partial charge in [-0.1, -0.05) is 24.3 Å². The van der Waals surface area contributed by atoms with E-state index in [0.717, 1.165) is 41.3 Å². The van der Waals surface area contributed by atoms with Crippen LogP contribution in [0, 0.1) is 13.8 Å². The summed E-state index contributed by atoms with van der Waals surface area (Å²) in [4.78, 5) is 4.75. The van der Waals surface area contributed by atoms with Gasteiger partial charge in [-0.3, -0.25) is 0 Å². The van der Waals surface area contributed by atoms with E-state index in [1.165, 1.54) is 11.1 Å². The average Bonchev–Trinajstić information content (AvgIpc) is 3.30. The number of para-hydroxylation sites is 2. The molecule has 4 nitrogen and oxygen atoms in total. The highest BCUT2D eigenvalue weighted by atomic mass is 16.5. The third kappa shape index (κ3) is 3.10. The van der Waals surface area contributed by atoms with Crippen molar-refractivity contribution >= 4 is 11.0 Å². The number of rotatable bonds is 6. The normalized spacial score (nSPS) is 11.2. The molecule has 4 rings (SSSR count). The molecule has 26 heavy (non-hydrogen) atoms. The lowest BCUT2D eigenvalue weighted by atomic mass is 10.1. The number of ether oxygens (including phenoxy) is 1. The maximum absolute atomic E-state index is 6.00. The Morgan fingerprint density at radius 1 is 1.00 bits per heavy atom. The second kappa shape index (κ2) is 7.08. The van der Waals surface area contributed by atoms with Crippen LogP contribution in [0.25, 0.3) is 22.6 Å². The molecule has 0 N–H and O–H groups in total. The Kier molecular flexibility index (Phi) is 4.48. The Hall–Kier alpha value is -3.01. The first-order valence-corrected chi connectivity index (χ1v) is 8.92. The van der Waals surface area contributed by atoms with Crippen molar-refractivity contribution in [3.05, 3.63) is 72.0 Å². The van der Waals surface area contributed by atoms with Crippen molar-refractivity contribution in [3.63, 3.8) is 0 Å². The number of hydrogen-bond acceptors (Lipinski definition) is 3. The molecule has 0 aliphatic rings. The summed E-state index contributed by atoms with van der Waals surface area (Å²) in [7, 11) is 0. The predicted octanol–water partition coefficient (Wildman–Crippen LogP) is 5.38. The molecule has 0 spiro atoms. The standard InChI is InChI=1S/C22H22N2O2/c1-16-8-5-11-20(17(16)2)25-15-7-13-24-19-10-4-3-9-18(19)23-22(24)21-12-6-14-26-21/h3-6,8-12,14H,7,13,15H2,1-2H3. The van der Waals surface area contributed by atoms with Gasteiger partial charge in [-0.2, -0.15) is 0 Å². The van der Waals surface area contributed by atoms with Crippen molar-refractivity contribution in [1.82, 2.24) is 9.55 Å². The van der Waals surface area contributed by atoms with Crippen LogP contribution in [-0.4, -0.2) is 16.2 Å². The number of aryl methyl sites for hydroxylation is 2. The largest absolute Gasteiger partial charge is 0.493 e. The van der Waals surface area contributed by atoms with Crippen LogP contribution in [0.5, 0.6) is 5.75 Å². The highest BCUT2D eigenvalue weighted by Gasteiger charge is 2.14. The number of nitrogens with zero attached hydrogens (tertiary/aromatic N) is 2. The van der Waals surface area contributed by atoms with Gasteiger partial charge < -0.3 is 13.7 Å². The molecule has 0 saturated heterocycles. The van der Waals surface area contributed by atoms with Gasteiger partial charge >= 0.3 is 0 Å². The summed E-state index contributed by atoms with van der Waals surface area (Å²) in [6, 6.07) is 18.2. The summed E-state index contributed by atoms with van der Waals surface area (Å²) in [6.07, 6.45) is 2.57. The van der Waals surface area contributed by atoms with Crippen molar-refractivity contribution in [2.24, 2.45) is 0 Å². The van der Waals surface area contributed by atoms with Crippen molar-refractivity contribution in [1.29, 1.82) is 0 Å². The first kappa shape index (κ1) is 16.5. The van der Waals surface area contributed by atoms with Gasteiger partial charge in [0.05, 0.1) is 23.9 Å². The fourth-order valence-corrected chi connectivity index (χ4v) is 3.18.